The highest BCUT2D eigenvalue weighted by molar-refractivity contribution is 6.47. The Morgan fingerprint density at radius 2 is 1.41 bits per heavy atom. The Balaban J connectivity index is 2.63. The monoisotopic (exact) mass is 376 g/mol. The van der Waals surface area contributed by atoms with Gasteiger partial charge >= 0.3 is 0 Å². The molecule has 2 saturated carbocycles. The van der Waals surface area contributed by atoms with Crippen LogP contribution in [0.2, 0.25) is 0 Å². The van der Waals surface area contributed by atoms with Crippen LogP contribution in [0.5, 0.6) is 0 Å². The van der Waals surface area contributed by atoms with Crippen molar-refractivity contribution in [3.05, 3.63) is 0 Å². The van der Waals surface area contributed by atoms with Gasteiger partial charge in [0.2, 0.25) is 0 Å². The van der Waals surface area contributed by atoms with Gasteiger partial charge in [-0.25, -0.2) is 0 Å². The predicted molar refractivity (Wildman–Crippen MR) is 78.8 cm³/mol. The highest BCUT2D eigenvalue weighted by atomic mass is 35.5. The summed E-state index contributed by atoms with van der Waals surface area (Å²) in [6.45, 7) is 1.97. The summed E-state index contributed by atoms with van der Waals surface area (Å²) in [4.78, 5) is -0.758. The largest absolute Gasteiger partial charge is 0.126 e. The lowest BCUT2D eigenvalue weighted by Gasteiger charge is -2.45. The van der Waals surface area contributed by atoms with Crippen molar-refractivity contribution in [2.24, 2.45) is 16.7 Å². The summed E-state index contributed by atoms with van der Waals surface area (Å²) >= 11 is 44.1. The van der Waals surface area contributed by atoms with Gasteiger partial charge in [-0.3, -0.25) is 0 Å². The fourth-order valence-corrected chi connectivity index (χ4v) is 8.00. The summed E-state index contributed by atoms with van der Waals surface area (Å²) in [5.41, 5.74) is -1.22. The molecular formula is C10H11Cl7. The van der Waals surface area contributed by atoms with Gasteiger partial charge in [0.05, 0.1) is 21.5 Å². The van der Waals surface area contributed by atoms with Crippen LogP contribution >= 0.6 is 81.2 Å². The number of hydrogen-bond donors (Lipinski definition) is 0. The molecule has 0 aromatic heterocycles. The normalized spacial score (nSPS) is 58.1. The second-order valence-corrected chi connectivity index (χ2v) is 8.31. The van der Waals surface area contributed by atoms with E-state index in [1.54, 1.807) is 0 Å². The number of hydrogen-bond acceptors (Lipinski definition) is 0. The van der Waals surface area contributed by atoms with Crippen molar-refractivity contribution < 1.29 is 0 Å². The fourth-order valence-electron chi connectivity index (χ4n) is 3.54. The molecule has 0 aromatic rings. The van der Waals surface area contributed by atoms with Crippen LogP contribution < -0.4 is 0 Å². The van der Waals surface area contributed by atoms with E-state index in [4.69, 9.17) is 81.2 Å². The van der Waals surface area contributed by atoms with Crippen molar-refractivity contribution in [1.82, 2.24) is 0 Å². The van der Waals surface area contributed by atoms with Gasteiger partial charge in [0, 0.05) is 17.2 Å². The third-order valence-corrected chi connectivity index (χ3v) is 8.37. The van der Waals surface area contributed by atoms with Crippen LogP contribution in [-0.2, 0) is 0 Å². The summed E-state index contributed by atoms with van der Waals surface area (Å²) in [5.74, 6) is 0.236. The molecule has 1 unspecified atom stereocenters. The van der Waals surface area contributed by atoms with Gasteiger partial charge in [-0.1, -0.05) is 6.92 Å². The summed E-state index contributed by atoms with van der Waals surface area (Å²) < 4.78 is 0. The molecule has 0 aliphatic heterocycles. The van der Waals surface area contributed by atoms with E-state index in [9.17, 15) is 0 Å². The summed E-state index contributed by atoms with van der Waals surface area (Å²) in [6.07, 6.45) is 0. The average Bonchev–Trinajstić information content (AvgIpc) is 2.54. The molecule has 0 amide bonds. The molecule has 2 bridgehead atoms. The second kappa shape index (κ2) is 4.79. The molecule has 0 radical (unpaired) electrons. The summed E-state index contributed by atoms with van der Waals surface area (Å²) in [6, 6.07) is 0. The first-order chi connectivity index (χ1) is 7.76. The number of rotatable bonds is 2. The first kappa shape index (κ1) is 15.4. The van der Waals surface area contributed by atoms with E-state index in [0.29, 0.717) is 5.88 Å². The first-order valence-corrected chi connectivity index (χ1v) is 8.32. The maximum Gasteiger partial charge on any atom is 0.116 e. The smallest absolute Gasteiger partial charge is 0.116 e. The molecule has 0 spiro atoms. The van der Waals surface area contributed by atoms with Gasteiger partial charge in [0.15, 0.2) is 0 Å². The molecular weight excluding hydrogens is 368 g/mol. The minimum Gasteiger partial charge on any atom is -0.126 e. The molecule has 7 heteroatoms. The van der Waals surface area contributed by atoms with Crippen molar-refractivity contribution in [3.63, 3.8) is 0 Å². The molecule has 5 atom stereocenters. The van der Waals surface area contributed by atoms with Crippen molar-refractivity contribution >= 4 is 81.2 Å². The predicted octanol–water partition coefficient (Wildman–Crippen LogP) is 5.09. The molecule has 2 aliphatic rings. The minimum atomic E-state index is -0.759. The van der Waals surface area contributed by atoms with Crippen molar-refractivity contribution in [2.45, 2.75) is 33.3 Å². The van der Waals surface area contributed by atoms with Gasteiger partial charge in [0.1, 0.15) is 4.84 Å². The molecule has 2 rings (SSSR count). The van der Waals surface area contributed by atoms with E-state index in [1.165, 1.54) is 0 Å². The molecule has 0 nitrogen and oxygen atoms in total. The number of halogens is 7. The third kappa shape index (κ3) is 1.59. The Kier molecular flexibility index (Phi) is 4.35. The Morgan fingerprint density at radius 1 is 1.00 bits per heavy atom. The zero-order valence-corrected chi connectivity index (χ0v) is 14.1. The van der Waals surface area contributed by atoms with E-state index in [0.717, 1.165) is 0 Å². The molecule has 17 heavy (non-hydrogen) atoms. The Hall–Kier alpha value is 2.03. The Bertz CT molecular complexity index is 304. The highest BCUT2D eigenvalue weighted by Crippen LogP contribution is 2.73. The first-order valence-electron chi connectivity index (χ1n) is 5.17. The topological polar surface area (TPSA) is 0 Å². The summed E-state index contributed by atoms with van der Waals surface area (Å²) in [7, 11) is 0. The maximum absolute atomic E-state index is 6.43. The van der Waals surface area contributed by atoms with Gasteiger partial charge in [-0.15, -0.1) is 81.2 Å². The van der Waals surface area contributed by atoms with Crippen LogP contribution in [0.15, 0.2) is 0 Å². The molecule has 100 valence electrons. The molecule has 0 N–H and O–H groups in total. The zero-order chi connectivity index (χ0) is 13.2. The lowest BCUT2D eigenvalue weighted by atomic mass is 9.70. The summed E-state index contributed by atoms with van der Waals surface area (Å²) in [5, 5.41) is -1.51. The molecule has 2 fully saturated rings. The van der Waals surface area contributed by atoms with Crippen LogP contribution in [0.25, 0.3) is 0 Å². The second-order valence-electron chi connectivity index (χ2n) is 5.00. The van der Waals surface area contributed by atoms with Gasteiger partial charge in [-0.05, 0) is 5.41 Å². The Labute approximate surface area is 136 Å². The molecule has 0 heterocycles. The van der Waals surface area contributed by atoms with Crippen molar-refractivity contribution in [1.29, 1.82) is 0 Å². The number of fused-ring (bicyclic) bond motifs is 2. The van der Waals surface area contributed by atoms with E-state index in [1.807, 2.05) is 6.92 Å². The highest BCUT2D eigenvalue weighted by Gasteiger charge is 2.78. The third-order valence-electron chi connectivity index (χ3n) is 4.52. The lowest BCUT2D eigenvalue weighted by molar-refractivity contribution is 0.155. The van der Waals surface area contributed by atoms with Gasteiger partial charge in [0.25, 0.3) is 0 Å². The van der Waals surface area contributed by atoms with Gasteiger partial charge < -0.3 is 0 Å². The Morgan fingerprint density at radius 3 is 1.65 bits per heavy atom. The average molecular weight is 379 g/mol. The maximum atomic E-state index is 6.43. The lowest BCUT2D eigenvalue weighted by Crippen LogP contribution is -2.52. The zero-order valence-electron chi connectivity index (χ0n) is 8.82. The van der Waals surface area contributed by atoms with E-state index in [2.05, 4.69) is 0 Å². The fraction of sp³-hybridized carbons (Fsp3) is 1.00. The van der Waals surface area contributed by atoms with E-state index in [-0.39, 0.29) is 16.7 Å². The van der Waals surface area contributed by atoms with E-state index >= 15 is 0 Å². The SMILES string of the molecule is CC1(CCl)C2[C@H](Cl)[C@H](Cl)C1(C(Cl)Cl)[C@@H](Cl)[C@H]2Cl. The van der Waals surface area contributed by atoms with Crippen LogP contribution in [-0.4, -0.2) is 32.2 Å². The molecule has 0 aromatic carbocycles. The molecule has 0 saturated heterocycles. The van der Waals surface area contributed by atoms with Crippen LogP contribution in [0, 0.1) is 16.7 Å². The van der Waals surface area contributed by atoms with Crippen LogP contribution in [0.3, 0.4) is 0 Å². The number of alkyl halides is 7. The van der Waals surface area contributed by atoms with Crippen LogP contribution in [0.4, 0.5) is 0 Å². The molecule has 2 aliphatic carbocycles. The standard InChI is InChI=1S/C10H11Cl7/c1-9(2-11)3-4(12)6(14)10(9,8(16)17)7(15)5(3)13/h3-8H,2H2,1H3/t3?,4-,5-,6-,7-,9?,10?/m0/s1. The minimum absolute atomic E-state index is 0.0895. The van der Waals surface area contributed by atoms with Crippen LogP contribution in [0.1, 0.15) is 6.92 Å². The van der Waals surface area contributed by atoms with Gasteiger partial charge in [-0.2, -0.15) is 0 Å². The quantitative estimate of drug-likeness (QED) is 0.586. The van der Waals surface area contributed by atoms with Crippen molar-refractivity contribution in [2.75, 3.05) is 5.88 Å². The van der Waals surface area contributed by atoms with E-state index < -0.39 is 26.4 Å². The van der Waals surface area contributed by atoms with Crippen molar-refractivity contribution in [3.8, 4) is 0 Å².